The molecule has 0 unspecified atom stereocenters. The zero-order valence-electron chi connectivity index (χ0n) is 16.1. The molecule has 2 heterocycles. The number of ether oxygens (including phenoxy) is 1. The number of nitrogens with zero attached hydrogens (tertiary/aromatic N) is 1. The molecular weight excluding hydrogens is 376 g/mol. The lowest BCUT2D eigenvalue weighted by atomic mass is 10.0. The summed E-state index contributed by atoms with van der Waals surface area (Å²) in [4.78, 5) is 39.4. The number of carbonyl (C=O) groups excluding carboxylic acids is 3. The number of anilines is 1. The molecule has 1 aromatic carbocycles. The van der Waals surface area contributed by atoms with Crippen molar-refractivity contribution < 1.29 is 19.1 Å². The van der Waals surface area contributed by atoms with Gasteiger partial charge < -0.3 is 15.0 Å². The number of carbonyl (C=O) groups is 3. The number of nitrogens with one attached hydrogen (secondary N) is 1. The van der Waals surface area contributed by atoms with E-state index in [0.717, 1.165) is 16.0 Å². The Balaban J connectivity index is 1.78. The third kappa shape index (κ3) is 4.59. The molecule has 28 heavy (non-hydrogen) atoms. The van der Waals surface area contributed by atoms with Crippen LogP contribution in [0.2, 0.25) is 0 Å². The van der Waals surface area contributed by atoms with Crippen molar-refractivity contribution in [2.75, 3.05) is 18.5 Å². The average Bonchev–Trinajstić information content (AvgIpc) is 3.04. The van der Waals surface area contributed by atoms with Gasteiger partial charge in [-0.2, -0.15) is 0 Å². The van der Waals surface area contributed by atoms with Gasteiger partial charge in [-0.15, -0.1) is 11.3 Å². The standard InChI is InChI=1S/C21H24N2O4S/c1-3-27-21(26)19-16-11-12-23(14(2)24)13-17(16)28-20(19)22-18(25)10-9-15-7-5-4-6-8-15/h4-8H,3,9-13H2,1-2H3,(H,22,25). The topological polar surface area (TPSA) is 75.7 Å². The highest BCUT2D eigenvalue weighted by atomic mass is 32.1. The summed E-state index contributed by atoms with van der Waals surface area (Å²) < 4.78 is 5.21. The maximum atomic E-state index is 12.5. The summed E-state index contributed by atoms with van der Waals surface area (Å²) in [6.07, 6.45) is 1.54. The van der Waals surface area contributed by atoms with Gasteiger partial charge in [-0.25, -0.2) is 4.79 Å². The van der Waals surface area contributed by atoms with E-state index in [4.69, 9.17) is 4.74 Å². The highest BCUT2D eigenvalue weighted by Gasteiger charge is 2.30. The van der Waals surface area contributed by atoms with Gasteiger partial charge >= 0.3 is 5.97 Å². The molecule has 1 aliphatic heterocycles. The van der Waals surface area contributed by atoms with E-state index in [2.05, 4.69) is 5.32 Å². The number of thiophene rings is 1. The normalized spacial score (nSPS) is 13.0. The molecule has 0 fully saturated rings. The quantitative estimate of drug-likeness (QED) is 0.754. The average molecular weight is 401 g/mol. The van der Waals surface area contributed by atoms with Crippen LogP contribution in [0.5, 0.6) is 0 Å². The van der Waals surface area contributed by atoms with Gasteiger partial charge in [0.2, 0.25) is 11.8 Å². The molecule has 2 aromatic rings. The van der Waals surface area contributed by atoms with Crippen LogP contribution in [0.3, 0.4) is 0 Å². The second-order valence-corrected chi connectivity index (χ2v) is 7.76. The summed E-state index contributed by atoms with van der Waals surface area (Å²) in [6.45, 7) is 4.59. The molecule has 0 atom stereocenters. The lowest BCUT2D eigenvalue weighted by Crippen LogP contribution is -2.34. The summed E-state index contributed by atoms with van der Waals surface area (Å²) in [7, 11) is 0. The molecule has 0 spiro atoms. The first kappa shape index (κ1) is 20.1. The summed E-state index contributed by atoms with van der Waals surface area (Å²) in [5.74, 6) is -0.559. The Morgan fingerprint density at radius 1 is 1.21 bits per heavy atom. The molecule has 0 saturated carbocycles. The first-order valence-corrected chi connectivity index (χ1v) is 10.2. The highest BCUT2D eigenvalue weighted by Crippen LogP contribution is 2.37. The van der Waals surface area contributed by atoms with E-state index < -0.39 is 5.97 Å². The first-order valence-electron chi connectivity index (χ1n) is 9.40. The van der Waals surface area contributed by atoms with Gasteiger partial charge in [-0.3, -0.25) is 9.59 Å². The fourth-order valence-corrected chi connectivity index (χ4v) is 4.54. The Hall–Kier alpha value is -2.67. The summed E-state index contributed by atoms with van der Waals surface area (Å²) >= 11 is 1.36. The van der Waals surface area contributed by atoms with Crippen LogP contribution in [0.1, 0.15) is 46.6 Å². The van der Waals surface area contributed by atoms with Crippen molar-refractivity contribution >= 4 is 34.1 Å². The Labute approximate surface area is 168 Å². The van der Waals surface area contributed by atoms with Crippen LogP contribution in [0.4, 0.5) is 5.00 Å². The van der Waals surface area contributed by atoms with Crippen LogP contribution in [0.15, 0.2) is 30.3 Å². The largest absolute Gasteiger partial charge is 0.462 e. The molecular formula is C21H24N2O4S. The molecule has 1 aromatic heterocycles. The van der Waals surface area contributed by atoms with E-state index in [1.807, 2.05) is 30.3 Å². The summed E-state index contributed by atoms with van der Waals surface area (Å²) in [5.41, 5.74) is 2.42. The lowest BCUT2D eigenvalue weighted by Gasteiger charge is -2.25. The van der Waals surface area contributed by atoms with Crippen LogP contribution in [0, 0.1) is 0 Å². The fraction of sp³-hybridized carbons (Fsp3) is 0.381. The van der Waals surface area contributed by atoms with Crippen molar-refractivity contribution in [3.8, 4) is 0 Å². The zero-order chi connectivity index (χ0) is 20.1. The van der Waals surface area contributed by atoms with Gasteiger partial charge in [0.05, 0.1) is 18.7 Å². The van der Waals surface area contributed by atoms with Gasteiger partial charge in [0.15, 0.2) is 0 Å². The zero-order valence-corrected chi connectivity index (χ0v) is 16.9. The SMILES string of the molecule is CCOC(=O)c1c(NC(=O)CCc2ccccc2)sc2c1CCN(C(C)=O)C2. The van der Waals surface area contributed by atoms with Crippen molar-refractivity contribution in [3.05, 3.63) is 51.9 Å². The van der Waals surface area contributed by atoms with Crippen LogP contribution in [0.25, 0.3) is 0 Å². The van der Waals surface area contributed by atoms with Crippen molar-refractivity contribution in [2.45, 2.75) is 39.7 Å². The molecule has 1 N–H and O–H groups in total. The van der Waals surface area contributed by atoms with E-state index in [9.17, 15) is 14.4 Å². The van der Waals surface area contributed by atoms with Gasteiger partial charge in [-0.05, 0) is 30.9 Å². The Morgan fingerprint density at radius 3 is 2.64 bits per heavy atom. The third-order valence-corrected chi connectivity index (χ3v) is 5.85. The third-order valence-electron chi connectivity index (χ3n) is 4.72. The maximum Gasteiger partial charge on any atom is 0.341 e. The van der Waals surface area contributed by atoms with Crippen LogP contribution < -0.4 is 5.32 Å². The minimum absolute atomic E-state index is 0.00480. The molecule has 2 amide bonds. The van der Waals surface area contributed by atoms with Crippen LogP contribution >= 0.6 is 11.3 Å². The second kappa shape index (κ2) is 9.01. The fourth-order valence-electron chi connectivity index (χ4n) is 3.27. The summed E-state index contributed by atoms with van der Waals surface area (Å²) in [6, 6.07) is 9.80. The van der Waals surface area contributed by atoms with Crippen molar-refractivity contribution in [1.82, 2.24) is 4.90 Å². The Morgan fingerprint density at radius 2 is 1.96 bits per heavy atom. The molecule has 6 nitrogen and oxygen atoms in total. The Kier molecular flexibility index (Phi) is 6.46. The van der Waals surface area contributed by atoms with Crippen molar-refractivity contribution in [3.63, 3.8) is 0 Å². The van der Waals surface area contributed by atoms with E-state index in [1.54, 1.807) is 11.8 Å². The predicted octanol–water partition coefficient (Wildman–Crippen LogP) is 3.40. The van der Waals surface area contributed by atoms with Gasteiger partial charge in [0, 0.05) is 24.8 Å². The summed E-state index contributed by atoms with van der Waals surface area (Å²) in [5, 5.41) is 3.42. The minimum Gasteiger partial charge on any atom is -0.462 e. The number of benzene rings is 1. The lowest BCUT2D eigenvalue weighted by molar-refractivity contribution is -0.129. The van der Waals surface area contributed by atoms with E-state index in [0.29, 0.717) is 42.9 Å². The highest BCUT2D eigenvalue weighted by molar-refractivity contribution is 7.17. The molecule has 0 bridgehead atoms. The van der Waals surface area contributed by atoms with Crippen LogP contribution in [-0.4, -0.2) is 35.8 Å². The molecule has 1 aliphatic rings. The molecule has 148 valence electrons. The van der Waals surface area contributed by atoms with E-state index in [-0.39, 0.29) is 18.4 Å². The minimum atomic E-state index is -0.422. The number of rotatable bonds is 6. The second-order valence-electron chi connectivity index (χ2n) is 6.65. The number of hydrogen-bond donors (Lipinski definition) is 1. The number of hydrogen-bond acceptors (Lipinski definition) is 5. The smallest absolute Gasteiger partial charge is 0.341 e. The monoisotopic (exact) mass is 400 g/mol. The molecule has 0 radical (unpaired) electrons. The molecule has 7 heteroatoms. The van der Waals surface area contributed by atoms with Crippen molar-refractivity contribution in [1.29, 1.82) is 0 Å². The number of aryl methyl sites for hydroxylation is 1. The van der Waals surface area contributed by atoms with Gasteiger partial charge in [-0.1, -0.05) is 30.3 Å². The molecule has 3 rings (SSSR count). The number of fused-ring (bicyclic) bond motifs is 1. The number of esters is 1. The van der Waals surface area contributed by atoms with E-state index in [1.165, 1.54) is 18.3 Å². The maximum absolute atomic E-state index is 12.5. The van der Waals surface area contributed by atoms with Crippen molar-refractivity contribution in [2.24, 2.45) is 0 Å². The molecule has 0 saturated heterocycles. The Bertz CT molecular complexity index is 876. The number of amides is 2. The molecule has 0 aliphatic carbocycles. The first-order chi connectivity index (χ1) is 13.5. The predicted molar refractivity (Wildman–Crippen MR) is 108 cm³/mol. The van der Waals surface area contributed by atoms with Crippen LogP contribution in [-0.2, 0) is 33.7 Å². The van der Waals surface area contributed by atoms with E-state index >= 15 is 0 Å². The van der Waals surface area contributed by atoms with Gasteiger partial charge in [0.25, 0.3) is 0 Å². The van der Waals surface area contributed by atoms with Gasteiger partial charge in [0.1, 0.15) is 5.00 Å².